The average Bonchev–Trinajstić information content (AvgIpc) is 2.91. The molecule has 1 aromatic carbocycles. The normalized spacial score (nSPS) is 30.0. The van der Waals surface area contributed by atoms with Gasteiger partial charge in [-0.15, -0.1) is 0 Å². The van der Waals surface area contributed by atoms with Crippen LogP contribution in [0.5, 0.6) is 0 Å². The summed E-state index contributed by atoms with van der Waals surface area (Å²) in [6.45, 7) is 1.08. The molecule has 23 heavy (non-hydrogen) atoms. The molecule has 0 unspecified atom stereocenters. The number of sulfonamides is 1. The fraction of sp³-hybridized carbons (Fsp3) is 0.600. The molecule has 1 saturated heterocycles. The van der Waals surface area contributed by atoms with Gasteiger partial charge >= 0.3 is 0 Å². The number of benzene rings is 1. The van der Waals surface area contributed by atoms with Gasteiger partial charge in [-0.25, -0.2) is 17.5 Å². The van der Waals surface area contributed by atoms with Gasteiger partial charge in [-0.05, 0) is 30.2 Å². The quantitative estimate of drug-likeness (QED) is 0.839. The third kappa shape index (κ3) is 3.53. The predicted octanol–water partition coefficient (Wildman–Crippen LogP) is 1.95. The number of fused-ring (bicyclic) bond motifs is 1. The summed E-state index contributed by atoms with van der Waals surface area (Å²) in [5.74, 6) is -0.680. The molecule has 1 heterocycles. The summed E-state index contributed by atoms with van der Waals surface area (Å²) in [6.07, 6.45) is 0.888. The molecule has 1 aliphatic carbocycles. The van der Waals surface area contributed by atoms with E-state index in [2.05, 4.69) is 4.72 Å². The summed E-state index contributed by atoms with van der Waals surface area (Å²) in [5, 5.41) is 0.237. The van der Waals surface area contributed by atoms with Gasteiger partial charge in [0.05, 0.1) is 18.5 Å². The highest BCUT2D eigenvalue weighted by atomic mass is 35.5. The highest BCUT2D eigenvalue weighted by Crippen LogP contribution is 2.44. The van der Waals surface area contributed by atoms with Crippen molar-refractivity contribution >= 4 is 21.6 Å². The number of rotatable bonds is 6. The monoisotopic (exact) mass is 363 g/mol. The van der Waals surface area contributed by atoms with Crippen LogP contribution in [-0.4, -0.2) is 40.9 Å². The molecule has 1 saturated carbocycles. The van der Waals surface area contributed by atoms with Crippen LogP contribution in [0.1, 0.15) is 12.0 Å². The third-order valence-electron chi connectivity index (χ3n) is 4.56. The molecule has 5 nitrogen and oxygen atoms in total. The van der Waals surface area contributed by atoms with E-state index in [-0.39, 0.29) is 40.3 Å². The maximum atomic E-state index is 13.3. The SMILES string of the molecule is COC[C@H]1[C@H](NS(=O)(=O)Cc2cc(F)ccc2Cl)[C@H]2CCO[C@H]21. The molecule has 0 spiro atoms. The molecule has 2 fully saturated rings. The zero-order chi connectivity index (χ0) is 16.6. The maximum absolute atomic E-state index is 13.3. The highest BCUT2D eigenvalue weighted by molar-refractivity contribution is 7.88. The van der Waals surface area contributed by atoms with Crippen LogP contribution in [-0.2, 0) is 25.2 Å². The largest absolute Gasteiger partial charge is 0.384 e. The lowest BCUT2D eigenvalue weighted by Gasteiger charge is -2.47. The minimum absolute atomic E-state index is 0.00487. The van der Waals surface area contributed by atoms with Gasteiger partial charge in [0.15, 0.2) is 0 Å². The number of hydrogen-bond acceptors (Lipinski definition) is 4. The Kier molecular flexibility index (Phi) is 4.94. The Morgan fingerprint density at radius 2 is 2.26 bits per heavy atom. The molecule has 0 aromatic heterocycles. The molecule has 4 atom stereocenters. The summed E-state index contributed by atoms with van der Waals surface area (Å²) < 4.78 is 51.7. The van der Waals surface area contributed by atoms with Gasteiger partial charge in [0, 0.05) is 36.6 Å². The minimum atomic E-state index is -3.64. The average molecular weight is 364 g/mol. The van der Waals surface area contributed by atoms with E-state index in [4.69, 9.17) is 21.1 Å². The summed E-state index contributed by atoms with van der Waals surface area (Å²) >= 11 is 5.96. The van der Waals surface area contributed by atoms with Crippen molar-refractivity contribution < 1.29 is 22.3 Å². The molecule has 1 aromatic rings. The number of ether oxygens (including phenoxy) is 2. The molecule has 0 amide bonds. The Balaban J connectivity index is 1.72. The molecule has 0 bridgehead atoms. The third-order valence-corrected chi connectivity index (χ3v) is 6.25. The van der Waals surface area contributed by atoms with Gasteiger partial charge in [-0.1, -0.05) is 11.6 Å². The maximum Gasteiger partial charge on any atom is 0.216 e. The molecule has 1 aliphatic heterocycles. The molecule has 3 rings (SSSR count). The summed E-state index contributed by atoms with van der Waals surface area (Å²) in [6, 6.07) is 3.50. The Morgan fingerprint density at radius 3 is 3.00 bits per heavy atom. The lowest BCUT2D eigenvalue weighted by molar-refractivity contribution is -0.0775. The van der Waals surface area contributed by atoms with Crippen LogP contribution < -0.4 is 4.72 Å². The Morgan fingerprint density at radius 1 is 1.48 bits per heavy atom. The van der Waals surface area contributed by atoms with Crippen molar-refractivity contribution in [1.29, 1.82) is 0 Å². The van der Waals surface area contributed by atoms with E-state index in [1.165, 1.54) is 12.1 Å². The number of methoxy groups -OCH3 is 1. The first kappa shape index (κ1) is 17.1. The van der Waals surface area contributed by atoms with E-state index in [9.17, 15) is 12.8 Å². The second kappa shape index (κ2) is 6.64. The second-order valence-corrected chi connectivity index (χ2v) is 8.21. The van der Waals surface area contributed by atoms with Crippen molar-refractivity contribution in [2.75, 3.05) is 20.3 Å². The van der Waals surface area contributed by atoms with Crippen molar-refractivity contribution in [3.63, 3.8) is 0 Å². The van der Waals surface area contributed by atoms with E-state index in [0.717, 1.165) is 12.5 Å². The second-order valence-electron chi connectivity index (χ2n) is 6.05. The zero-order valence-corrected chi connectivity index (χ0v) is 14.2. The molecule has 1 N–H and O–H groups in total. The molecular weight excluding hydrogens is 345 g/mol. The predicted molar refractivity (Wildman–Crippen MR) is 84.2 cm³/mol. The van der Waals surface area contributed by atoms with Gasteiger partial charge in [-0.2, -0.15) is 0 Å². The first-order valence-corrected chi connectivity index (χ1v) is 9.49. The van der Waals surface area contributed by atoms with Crippen LogP contribution in [0.15, 0.2) is 18.2 Å². The number of nitrogens with one attached hydrogen (secondary N) is 1. The minimum Gasteiger partial charge on any atom is -0.384 e. The van der Waals surface area contributed by atoms with Crippen LogP contribution >= 0.6 is 11.6 Å². The van der Waals surface area contributed by atoms with Crippen LogP contribution in [0.2, 0.25) is 5.02 Å². The molecule has 8 heteroatoms. The summed E-state index contributed by atoms with van der Waals surface area (Å²) in [7, 11) is -2.05. The number of hydrogen-bond donors (Lipinski definition) is 1. The van der Waals surface area contributed by atoms with Crippen molar-refractivity contribution in [3.8, 4) is 0 Å². The fourth-order valence-corrected chi connectivity index (χ4v) is 5.26. The lowest BCUT2D eigenvalue weighted by Crippen LogP contribution is -2.62. The first-order chi connectivity index (χ1) is 10.9. The van der Waals surface area contributed by atoms with Crippen LogP contribution in [0.25, 0.3) is 0 Å². The lowest BCUT2D eigenvalue weighted by atomic mass is 9.68. The topological polar surface area (TPSA) is 64.6 Å². The van der Waals surface area contributed by atoms with Gasteiger partial charge in [0.1, 0.15) is 5.82 Å². The van der Waals surface area contributed by atoms with Gasteiger partial charge in [0.25, 0.3) is 0 Å². The zero-order valence-electron chi connectivity index (χ0n) is 12.7. The molecule has 128 valence electrons. The van der Waals surface area contributed by atoms with E-state index in [1.54, 1.807) is 7.11 Å². The van der Waals surface area contributed by atoms with Gasteiger partial charge in [0.2, 0.25) is 10.0 Å². The summed E-state index contributed by atoms with van der Waals surface area (Å²) in [4.78, 5) is 0. The summed E-state index contributed by atoms with van der Waals surface area (Å²) in [5.41, 5.74) is 0.251. The smallest absolute Gasteiger partial charge is 0.216 e. The Labute approximate surface area is 140 Å². The van der Waals surface area contributed by atoms with Crippen LogP contribution in [0.4, 0.5) is 4.39 Å². The van der Waals surface area contributed by atoms with Crippen molar-refractivity contribution in [2.24, 2.45) is 11.8 Å². The van der Waals surface area contributed by atoms with E-state index < -0.39 is 15.8 Å². The molecule has 2 aliphatic rings. The van der Waals surface area contributed by atoms with Crippen LogP contribution in [0, 0.1) is 17.7 Å². The number of halogens is 2. The Hall–Kier alpha value is -0.730. The standard InChI is InChI=1S/C15H19ClFNO4S/c1-21-7-12-14(11-4-5-22-15(11)12)18-23(19,20)8-9-6-10(17)2-3-13(9)16/h2-3,6,11-12,14-15,18H,4-5,7-8H2,1H3/t11-,12+,14-,15-/m1/s1. The van der Waals surface area contributed by atoms with Crippen LogP contribution in [0.3, 0.4) is 0 Å². The van der Waals surface area contributed by atoms with Gasteiger partial charge in [-0.3, -0.25) is 0 Å². The van der Waals surface area contributed by atoms with E-state index in [1.807, 2.05) is 0 Å². The van der Waals surface area contributed by atoms with E-state index >= 15 is 0 Å². The first-order valence-electron chi connectivity index (χ1n) is 7.46. The molecular formula is C15H19ClFNO4S. The highest BCUT2D eigenvalue weighted by Gasteiger charge is 2.54. The molecule has 0 radical (unpaired) electrons. The van der Waals surface area contributed by atoms with Gasteiger partial charge < -0.3 is 9.47 Å². The van der Waals surface area contributed by atoms with Crippen molar-refractivity contribution in [2.45, 2.75) is 24.3 Å². The van der Waals surface area contributed by atoms with Crippen molar-refractivity contribution in [3.05, 3.63) is 34.6 Å². The van der Waals surface area contributed by atoms with Crippen molar-refractivity contribution in [1.82, 2.24) is 4.72 Å². The van der Waals surface area contributed by atoms with E-state index in [0.29, 0.717) is 13.2 Å². The fourth-order valence-electron chi connectivity index (χ4n) is 3.50. The Bertz CT molecular complexity index is 684.